The zero-order valence-electron chi connectivity index (χ0n) is 6.44. The van der Waals surface area contributed by atoms with Crippen LogP contribution in [0.3, 0.4) is 0 Å². The van der Waals surface area contributed by atoms with Crippen LogP contribution in [0.4, 0.5) is 0 Å². The van der Waals surface area contributed by atoms with Crippen LogP contribution in [0, 0.1) is 0 Å². The molecule has 0 aromatic carbocycles. The minimum atomic E-state index is 0.225. The number of aromatic hydroxyl groups is 1. The molecule has 0 saturated carbocycles. The molecule has 0 aliphatic carbocycles. The first-order valence-corrected chi connectivity index (χ1v) is 3.66. The largest absolute Gasteiger partial charge is 0.506 e. The lowest BCUT2D eigenvalue weighted by molar-refractivity contribution is 0.472. The van der Waals surface area contributed by atoms with E-state index in [0.29, 0.717) is 6.54 Å². The Kier molecular flexibility index (Phi) is 1.48. The topological polar surface area (TPSA) is 63.5 Å². The van der Waals surface area contributed by atoms with Gasteiger partial charge in [-0.3, -0.25) is 0 Å². The number of hydrogen-bond acceptors (Lipinski definition) is 3. The Labute approximate surface area is 69.3 Å². The molecule has 0 aliphatic heterocycles. The van der Waals surface area contributed by atoms with E-state index in [1.54, 1.807) is 28.9 Å². The number of imidazole rings is 1. The number of hydrogen-bond donors (Lipinski definition) is 2. The molecule has 0 unspecified atom stereocenters. The van der Waals surface area contributed by atoms with Crippen LogP contribution in [0.5, 0.6) is 5.75 Å². The van der Waals surface area contributed by atoms with Gasteiger partial charge in [0.05, 0.1) is 11.9 Å². The lowest BCUT2D eigenvalue weighted by atomic mass is 10.4. The summed E-state index contributed by atoms with van der Waals surface area (Å²) >= 11 is 0. The lowest BCUT2D eigenvalue weighted by Crippen LogP contribution is -1.95. The quantitative estimate of drug-likeness (QED) is 0.643. The summed E-state index contributed by atoms with van der Waals surface area (Å²) in [4.78, 5) is 4.20. The zero-order chi connectivity index (χ0) is 8.55. The van der Waals surface area contributed by atoms with Gasteiger partial charge in [0.1, 0.15) is 11.4 Å². The van der Waals surface area contributed by atoms with Crippen LogP contribution < -0.4 is 5.73 Å². The molecule has 0 radical (unpaired) electrons. The Morgan fingerprint density at radius 1 is 1.42 bits per heavy atom. The number of fused-ring (bicyclic) bond motifs is 1. The summed E-state index contributed by atoms with van der Waals surface area (Å²) in [5.74, 6) is 0.225. The Bertz CT molecular complexity index is 408. The van der Waals surface area contributed by atoms with Crippen LogP contribution in [-0.4, -0.2) is 14.5 Å². The van der Waals surface area contributed by atoms with Gasteiger partial charge in [-0.1, -0.05) is 0 Å². The van der Waals surface area contributed by atoms with Gasteiger partial charge in [-0.2, -0.15) is 0 Å². The molecule has 12 heavy (non-hydrogen) atoms. The van der Waals surface area contributed by atoms with Crippen LogP contribution in [0.1, 0.15) is 5.69 Å². The summed E-state index contributed by atoms with van der Waals surface area (Å²) in [6.07, 6.45) is 3.40. The number of nitrogens with two attached hydrogens (primary N) is 1. The second kappa shape index (κ2) is 2.49. The van der Waals surface area contributed by atoms with Gasteiger partial charge in [0, 0.05) is 12.7 Å². The van der Waals surface area contributed by atoms with Crippen LogP contribution in [-0.2, 0) is 6.54 Å². The van der Waals surface area contributed by atoms with E-state index in [4.69, 9.17) is 10.8 Å². The first-order chi connectivity index (χ1) is 5.79. The second-order valence-corrected chi connectivity index (χ2v) is 2.59. The second-order valence-electron chi connectivity index (χ2n) is 2.59. The fourth-order valence-electron chi connectivity index (χ4n) is 1.13. The predicted octanol–water partition coefficient (Wildman–Crippen LogP) is 0.499. The number of nitrogens with zero attached hydrogens (tertiary/aromatic N) is 2. The summed E-state index contributed by atoms with van der Waals surface area (Å²) < 4.78 is 1.75. The molecular weight excluding hydrogens is 154 g/mol. The van der Waals surface area contributed by atoms with Crippen molar-refractivity contribution in [2.45, 2.75) is 6.54 Å². The predicted molar refractivity (Wildman–Crippen MR) is 44.7 cm³/mol. The third-order valence-corrected chi connectivity index (χ3v) is 1.69. The van der Waals surface area contributed by atoms with Crippen molar-refractivity contribution >= 4 is 5.65 Å². The Hall–Kier alpha value is -1.55. The van der Waals surface area contributed by atoms with Crippen LogP contribution in [0.15, 0.2) is 24.5 Å². The molecule has 4 heteroatoms. The van der Waals surface area contributed by atoms with Gasteiger partial charge in [0.2, 0.25) is 0 Å². The van der Waals surface area contributed by atoms with Crippen molar-refractivity contribution in [1.29, 1.82) is 0 Å². The highest BCUT2D eigenvalue weighted by Gasteiger charge is 1.98. The molecule has 3 N–H and O–H groups in total. The van der Waals surface area contributed by atoms with Gasteiger partial charge in [0.15, 0.2) is 0 Å². The smallest absolute Gasteiger partial charge is 0.137 e. The SMILES string of the molecule is NCc1cn2cc(O)ccc2n1. The van der Waals surface area contributed by atoms with Gasteiger partial charge in [-0.25, -0.2) is 4.98 Å². The first-order valence-electron chi connectivity index (χ1n) is 3.66. The van der Waals surface area contributed by atoms with Crippen molar-refractivity contribution in [3.05, 3.63) is 30.2 Å². The van der Waals surface area contributed by atoms with Gasteiger partial charge < -0.3 is 15.2 Å². The molecule has 4 nitrogen and oxygen atoms in total. The third kappa shape index (κ3) is 1.02. The molecule has 2 aromatic heterocycles. The van der Waals surface area contributed by atoms with Gasteiger partial charge >= 0.3 is 0 Å². The fourth-order valence-corrected chi connectivity index (χ4v) is 1.13. The molecule has 0 saturated heterocycles. The van der Waals surface area contributed by atoms with Crippen LogP contribution >= 0.6 is 0 Å². The Morgan fingerprint density at radius 2 is 2.25 bits per heavy atom. The number of rotatable bonds is 1. The van der Waals surface area contributed by atoms with Crippen molar-refractivity contribution < 1.29 is 5.11 Å². The third-order valence-electron chi connectivity index (χ3n) is 1.69. The Morgan fingerprint density at radius 3 is 3.00 bits per heavy atom. The summed E-state index contributed by atoms with van der Waals surface area (Å²) in [5.41, 5.74) is 7.03. The molecule has 0 atom stereocenters. The maximum atomic E-state index is 9.13. The summed E-state index contributed by atoms with van der Waals surface area (Å²) in [6.45, 7) is 0.419. The van der Waals surface area contributed by atoms with E-state index in [1.165, 1.54) is 0 Å². The van der Waals surface area contributed by atoms with Crippen molar-refractivity contribution in [2.75, 3.05) is 0 Å². The molecule has 0 spiro atoms. The van der Waals surface area contributed by atoms with E-state index in [2.05, 4.69) is 4.98 Å². The number of pyridine rings is 1. The highest BCUT2D eigenvalue weighted by molar-refractivity contribution is 5.42. The summed E-state index contributed by atoms with van der Waals surface area (Å²) in [6, 6.07) is 3.34. The van der Waals surface area contributed by atoms with Crippen LogP contribution in [0.2, 0.25) is 0 Å². The normalized spacial score (nSPS) is 10.8. The lowest BCUT2D eigenvalue weighted by Gasteiger charge is -1.92. The molecule has 2 rings (SSSR count). The highest BCUT2D eigenvalue weighted by atomic mass is 16.3. The van der Waals surface area contributed by atoms with Crippen molar-refractivity contribution in [2.24, 2.45) is 5.73 Å². The maximum absolute atomic E-state index is 9.13. The molecule has 0 aliphatic rings. The average molecular weight is 163 g/mol. The molecule has 2 aromatic rings. The van der Waals surface area contributed by atoms with E-state index in [0.717, 1.165) is 11.3 Å². The fraction of sp³-hybridized carbons (Fsp3) is 0.125. The molecule has 62 valence electrons. The van der Waals surface area contributed by atoms with Gasteiger partial charge in [-0.15, -0.1) is 0 Å². The van der Waals surface area contributed by atoms with Crippen molar-refractivity contribution in [3.8, 4) is 5.75 Å². The number of aromatic nitrogens is 2. The van der Waals surface area contributed by atoms with E-state index in [1.807, 2.05) is 0 Å². The maximum Gasteiger partial charge on any atom is 0.137 e. The minimum Gasteiger partial charge on any atom is -0.506 e. The van der Waals surface area contributed by atoms with E-state index < -0.39 is 0 Å². The standard InChI is InChI=1S/C8H9N3O/c9-3-6-4-11-5-7(12)1-2-8(11)10-6/h1-2,4-5,12H,3,9H2. The molecular formula is C8H9N3O. The van der Waals surface area contributed by atoms with Gasteiger partial charge in [0.25, 0.3) is 0 Å². The van der Waals surface area contributed by atoms with E-state index in [-0.39, 0.29) is 5.75 Å². The van der Waals surface area contributed by atoms with E-state index in [9.17, 15) is 0 Å². The first kappa shape index (κ1) is 7.12. The zero-order valence-corrected chi connectivity index (χ0v) is 6.44. The summed E-state index contributed by atoms with van der Waals surface area (Å²) in [7, 11) is 0. The van der Waals surface area contributed by atoms with Crippen molar-refractivity contribution in [1.82, 2.24) is 9.38 Å². The molecule has 2 heterocycles. The van der Waals surface area contributed by atoms with Gasteiger partial charge in [-0.05, 0) is 12.1 Å². The average Bonchev–Trinajstić information content (AvgIpc) is 2.46. The van der Waals surface area contributed by atoms with E-state index >= 15 is 0 Å². The molecule has 0 fully saturated rings. The monoisotopic (exact) mass is 163 g/mol. The Balaban J connectivity index is 2.67. The molecule has 0 bridgehead atoms. The molecule has 0 amide bonds. The van der Waals surface area contributed by atoms with Crippen molar-refractivity contribution in [3.63, 3.8) is 0 Å². The van der Waals surface area contributed by atoms with Crippen LogP contribution in [0.25, 0.3) is 5.65 Å². The highest BCUT2D eigenvalue weighted by Crippen LogP contribution is 2.11. The summed E-state index contributed by atoms with van der Waals surface area (Å²) in [5, 5.41) is 9.13. The minimum absolute atomic E-state index is 0.225.